The summed E-state index contributed by atoms with van der Waals surface area (Å²) in [4.78, 5) is 0. The molecule has 0 aromatic carbocycles. The number of nitrogens with one attached hydrogen (secondary N) is 1. The van der Waals surface area contributed by atoms with Crippen molar-refractivity contribution in [3.05, 3.63) is 18.5 Å². The zero-order valence-corrected chi connectivity index (χ0v) is 10.2. The molecule has 1 aromatic heterocycles. The van der Waals surface area contributed by atoms with E-state index in [0.29, 0.717) is 19.7 Å². The molecule has 0 aliphatic heterocycles. The number of nitrogens with zero attached hydrogens (tertiary/aromatic N) is 2. The highest BCUT2D eigenvalue weighted by Gasteiger charge is 2.18. The average Bonchev–Trinajstić information content (AvgIpc) is 2.68. The van der Waals surface area contributed by atoms with Gasteiger partial charge in [-0.1, -0.05) is 0 Å². The van der Waals surface area contributed by atoms with Gasteiger partial charge in [0.25, 0.3) is 0 Å². The molecule has 0 saturated heterocycles. The lowest BCUT2D eigenvalue weighted by Gasteiger charge is -2.26. The summed E-state index contributed by atoms with van der Waals surface area (Å²) in [6, 6.07) is 1.84. The van der Waals surface area contributed by atoms with Crippen LogP contribution in [0.2, 0.25) is 0 Å². The second-order valence-electron chi connectivity index (χ2n) is 4.58. The summed E-state index contributed by atoms with van der Waals surface area (Å²) in [6.07, 6.45) is 3.09. The molecule has 16 heavy (non-hydrogen) atoms. The Morgan fingerprint density at radius 3 is 2.88 bits per heavy atom. The van der Waals surface area contributed by atoms with E-state index >= 15 is 0 Å². The molecule has 0 bridgehead atoms. The van der Waals surface area contributed by atoms with Crippen LogP contribution in [0.25, 0.3) is 0 Å². The number of methoxy groups -OCH3 is 1. The molecule has 0 saturated carbocycles. The van der Waals surface area contributed by atoms with E-state index in [2.05, 4.69) is 10.4 Å². The first-order chi connectivity index (χ1) is 7.53. The Bertz CT molecular complexity index is 285. The van der Waals surface area contributed by atoms with E-state index in [1.54, 1.807) is 18.0 Å². The lowest BCUT2D eigenvalue weighted by atomic mass is 10.1. The molecule has 1 aromatic rings. The van der Waals surface area contributed by atoms with Gasteiger partial charge in [0.1, 0.15) is 0 Å². The van der Waals surface area contributed by atoms with Crippen LogP contribution in [0.15, 0.2) is 18.5 Å². The fourth-order valence-electron chi connectivity index (χ4n) is 1.49. The van der Waals surface area contributed by atoms with Crippen LogP contribution in [0, 0.1) is 0 Å². The molecule has 0 amide bonds. The molecular weight excluding hydrogens is 206 g/mol. The minimum Gasteiger partial charge on any atom is -0.390 e. The minimum absolute atomic E-state index is 0.125. The Morgan fingerprint density at radius 1 is 1.56 bits per heavy atom. The van der Waals surface area contributed by atoms with Gasteiger partial charge in [-0.15, -0.1) is 0 Å². The summed E-state index contributed by atoms with van der Waals surface area (Å²) < 4.78 is 6.80. The number of aromatic nitrogens is 2. The zero-order chi connectivity index (χ0) is 12.0. The number of hydrogen-bond donors (Lipinski definition) is 2. The number of rotatable bonds is 7. The highest BCUT2D eigenvalue weighted by atomic mass is 16.5. The van der Waals surface area contributed by atoms with E-state index in [1.165, 1.54) is 0 Å². The van der Waals surface area contributed by atoms with E-state index < -0.39 is 6.10 Å². The van der Waals surface area contributed by atoms with Gasteiger partial charge in [0.2, 0.25) is 0 Å². The Labute approximate surface area is 96.4 Å². The molecular formula is C11H21N3O2. The van der Waals surface area contributed by atoms with Crippen molar-refractivity contribution in [2.75, 3.05) is 20.3 Å². The monoisotopic (exact) mass is 227 g/mol. The minimum atomic E-state index is -0.448. The quantitative estimate of drug-likeness (QED) is 0.701. The largest absolute Gasteiger partial charge is 0.390 e. The van der Waals surface area contributed by atoms with E-state index in [9.17, 15) is 5.11 Å². The molecule has 0 fully saturated rings. The van der Waals surface area contributed by atoms with E-state index in [0.717, 1.165) is 0 Å². The second kappa shape index (κ2) is 5.98. The van der Waals surface area contributed by atoms with Crippen molar-refractivity contribution in [1.29, 1.82) is 0 Å². The van der Waals surface area contributed by atoms with Crippen molar-refractivity contribution in [3.8, 4) is 0 Å². The summed E-state index contributed by atoms with van der Waals surface area (Å²) in [6.45, 7) is 5.72. The maximum atomic E-state index is 9.79. The number of β-amino-alcohol motifs (C(OH)–C–C–N with tert-alkyl or cyclic N) is 1. The Balaban J connectivity index is 2.27. The Hall–Kier alpha value is -0.910. The predicted octanol–water partition coefficient (Wildman–Crippen LogP) is 0.259. The predicted molar refractivity (Wildman–Crippen MR) is 62.2 cm³/mol. The second-order valence-corrected chi connectivity index (χ2v) is 4.58. The number of aliphatic hydroxyl groups is 1. The number of ether oxygens (including phenoxy) is 1. The lowest BCUT2D eigenvalue weighted by Crippen LogP contribution is -2.47. The topological polar surface area (TPSA) is 59.3 Å². The van der Waals surface area contributed by atoms with Gasteiger partial charge >= 0.3 is 0 Å². The van der Waals surface area contributed by atoms with Crippen LogP contribution in [-0.4, -0.2) is 46.8 Å². The normalized spacial score (nSPS) is 14.0. The van der Waals surface area contributed by atoms with Gasteiger partial charge in [-0.2, -0.15) is 5.10 Å². The van der Waals surface area contributed by atoms with Gasteiger partial charge in [-0.25, -0.2) is 0 Å². The number of aliphatic hydroxyl groups excluding tert-OH is 1. The van der Waals surface area contributed by atoms with Crippen LogP contribution in [0.3, 0.4) is 0 Å². The van der Waals surface area contributed by atoms with E-state index in [1.807, 2.05) is 26.1 Å². The third-order valence-corrected chi connectivity index (χ3v) is 2.28. The van der Waals surface area contributed by atoms with E-state index in [-0.39, 0.29) is 5.54 Å². The van der Waals surface area contributed by atoms with Gasteiger partial charge in [0.15, 0.2) is 0 Å². The fraction of sp³-hybridized carbons (Fsp3) is 0.727. The van der Waals surface area contributed by atoms with Crippen molar-refractivity contribution in [3.63, 3.8) is 0 Å². The third-order valence-electron chi connectivity index (χ3n) is 2.28. The molecule has 0 spiro atoms. The molecule has 0 aliphatic rings. The standard InChI is InChI=1S/C11H21N3O2/c1-11(2,9-16-3)12-7-10(15)8-14-6-4-5-13-14/h4-6,10,12,15H,7-9H2,1-3H3. The Kier molecular flexibility index (Phi) is 4.92. The van der Waals surface area contributed by atoms with Crippen molar-refractivity contribution >= 4 is 0 Å². The molecule has 1 unspecified atom stereocenters. The van der Waals surface area contributed by atoms with Crippen LogP contribution in [0.5, 0.6) is 0 Å². The lowest BCUT2D eigenvalue weighted by molar-refractivity contribution is 0.0995. The van der Waals surface area contributed by atoms with Crippen LogP contribution in [0.4, 0.5) is 0 Å². The maximum absolute atomic E-state index is 9.79. The molecule has 0 radical (unpaired) electrons. The highest BCUT2D eigenvalue weighted by molar-refractivity contribution is 4.81. The summed E-state index contributed by atoms with van der Waals surface area (Å²) in [5.41, 5.74) is -0.125. The molecule has 1 heterocycles. The van der Waals surface area contributed by atoms with Gasteiger partial charge < -0.3 is 15.2 Å². The molecule has 2 N–H and O–H groups in total. The smallest absolute Gasteiger partial charge is 0.0860 e. The van der Waals surface area contributed by atoms with Crippen molar-refractivity contribution in [1.82, 2.24) is 15.1 Å². The maximum Gasteiger partial charge on any atom is 0.0860 e. The summed E-state index contributed by atoms with van der Waals surface area (Å²) in [7, 11) is 1.67. The summed E-state index contributed by atoms with van der Waals surface area (Å²) >= 11 is 0. The zero-order valence-electron chi connectivity index (χ0n) is 10.2. The van der Waals surface area contributed by atoms with Crippen LogP contribution in [0.1, 0.15) is 13.8 Å². The highest BCUT2D eigenvalue weighted by Crippen LogP contribution is 2.02. The first-order valence-corrected chi connectivity index (χ1v) is 5.43. The first-order valence-electron chi connectivity index (χ1n) is 5.43. The first kappa shape index (κ1) is 13.2. The summed E-state index contributed by atoms with van der Waals surface area (Å²) in [5, 5.41) is 17.1. The van der Waals surface area contributed by atoms with Crippen LogP contribution < -0.4 is 5.32 Å². The molecule has 5 nitrogen and oxygen atoms in total. The van der Waals surface area contributed by atoms with Gasteiger partial charge in [0.05, 0.1) is 19.3 Å². The number of hydrogen-bond acceptors (Lipinski definition) is 4. The summed E-state index contributed by atoms with van der Waals surface area (Å²) in [5.74, 6) is 0. The Morgan fingerprint density at radius 2 is 2.31 bits per heavy atom. The third kappa shape index (κ3) is 4.74. The molecule has 92 valence electrons. The van der Waals surface area contributed by atoms with Crippen molar-refractivity contribution in [2.24, 2.45) is 0 Å². The van der Waals surface area contributed by atoms with Crippen LogP contribution >= 0.6 is 0 Å². The van der Waals surface area contributed by atoms with Gasteiger partial charge in [-0.05, 0) is 19.9 Å². The molecule has 0 aliphatic carbocycles. The van der Waals surface area contributed by atoms with E-state index in [4.69, 9.17) is 4.74 Å². The van der Waals surface area contributed by atoms with Crippen molar-refractivity contribution < 1.29 is 9.84 Å². The molecule has 1 rings (SSSR count). The van der Waals surface area contributed by atoms with Gasteiger partial charge in [0, 0.05) is 31.6 Å². The SMILES string of the molecule is COCC(C)(C)NCC(O)Cn1cccn1. The van der Waals surface area contributed by atoms with Gasteiger partial charge in [-0.3, -0.25) is 4.68 Å². The molecule has 1 atom stereocenters. The average molecular weight is 227 g/mol. The van der Waals surface area contributed by atoms with Crippen LogP contribution in [-0.2, 0) is 11.3 Å². The molecule has 5 heteroatoms. The fourth-order valence-corrected chi connectivity index (χ4v) is 1.49. The van der Waals surface area contributed by atoms with Crippen molar-refractivity contribution in [2.45, 2.75) is 32.0 Å².